The molecule has 0 atom stereocenters. The average Bonchev–Trinajstić information content (AvgIpc) is 2.89. The highest BCUT2D eigenvalue weighted by molar-refractivity contribution is 7.97. The SMILES string of the molecule is CC(C)(C)c1cc(C=C2CCN(c3ccccn3)S2(=O)=O)cc(C(C)(C)C)c1O. The van der Waals surface area contributed by atoms with Crippen LogP contribution in [-0.4, -0.2) is 25.1 Å². The Bertz CT molecular complexity index is 1010. The third kappa shape index (κ3) is 4.17. The molecule has 6 heteroatoms. The average molecular weight is 415 g/mol. The molecule has 1 saturated heterocycles. The quantitative estimate of drug-likeness (QED) is 0.754. The van der Waals surface area contributed by atoms with E-state index >= 15 is 0 Å². The van der Waals surface area contributed by atoms with E-state index in [0.717, 1.165) is 16.7 Å². The Kier molecular flexibility index (Phi) is 5.28. The molecule has 1 aromatic heterocycles. The summed E-state index contributed by atoms with van der Waals surface area (Å²) in [5.74, 6) is 0.726. The predicted octanol–water partition coefficient (Wildman–Crippen LogP) is 4.96. The molecule has 1 aromatic carbocycles. The van der Waals surface area contributed by atoms with Gasteiger partial charge >= 0.3 is 0 Å². The number of aromatic nitrogens is 1. The number of pyridine rings is 1. The molecule has 0 unspecified atom stereocenters. The zero-order chi connectivity index (χ0) is 21.6. The number of aromatic hydroxyl groups is 1. The van der Waals surface area contributed by atoms with Gasteiger partial charge in [-0.2, -0.15) is 0 Å². The highest BCUT2D eigenvalue weighted by Crippen LogP contribution is 2.41. The van der Waals surface area contributed by atoms with Crippen molar-refractivity contribution in [1.29, 1.82) is 0 Å². The Morgan fingerprint density at radius 2 is 1.62 bits per heavy atom. The topological polar surface area (TPSA) is 70.5 Å². The van der Waals surface area contributed by atoms with Gasteiger partial charge in [0.15, 0.2) is 0 Å². The van der Waals surface area contributed by atoms with E-state index in [4.69, 9.17) is 0 Å². The molecule has 29 heavy (non-hydrogen) atoms. The van der Waals surface area contributed by atoms with Crippen molar-refractivity contribution in [2.75, 3.05) is 10.8 Å². The molecule has 3 rings (SSSR count). The lowest BCUT2D eigenvalue weighted by atomic mass is 9.78. The molecule has 1 aliphatic rings. The molecule has 156 valence electrons. The number of benzene rings is 1. The number of rotatable bonds is 2. The minimum absolute atomic E-state index is 0.271. The third-order valence-corrected chi connectivity index (χ3v) is 7.10. The number of phenolic OH excluding ortho intramolecular Hbond substituents is 1. The fourth-order valence-corrected chi connectivity index (χ4v) is 5.16. The van der Waals surface area contributed by atoms with Gasteiger partial charge in [-0.1, -0.05) is 47.6 Å². The van der Waals surface area contributed by atoms with Gasteiger partial charge in [0, 0.05) is 30.3 Å². The van der Waals surface area contributed by atoms with E-state index in [1.54, 1.807) is 30.5 Å². The molecule has 0 spiro atoms. The smallest absolute Gasteiger partial charge is 0.261 e. The van der Waals surface area contributed by atoms with E-state index in [1.165, 1.54) is 4.31 Å². The molecule has 5 nitrogen and oxygen atoms in total. The van der Waals surface area contributed by atoms with Crippen LogP contribution < -0.4 is 4.31 Å². The van der Waals surface area contributed by atoms with E-state index < -0.39 is 10.0 Å². The van der Waals surface area contributed by atoms with Crippen molar-refractivity contribution < 1.29 is 13.5 Å². The molecule has 1 fully saturated rings. The van der Waals surface area contributed by atoms with Crippen molar-refractivity contribution in [1.82, 2.24) is 4.98 Å². The summed E-state index contributed by atoms with van der Waals surface area (Å²) < 4.78 is 27.5. The Morgan fingerprint density at radius 1 is 1.03 bits per heavy atom. The van der Waals surface area contributed by atoms with E-state index in [2.05, 4.69) is 4.98 Å². The van der Waals surface area contributed by atoms with E-state index in [1.807, 2.05) is 53.7 Å². The second kappa shape index (κ2) is 7.17. The fraction of sp³-hybridized carbons (Fsp3) is 0.435. The van der Waals surface area contributed by atoms with Crippen LogP contribution in [0.4, 0.5) is 5.82 Å². The number of nitrogens with zero attached hydrogens (tertiary/aromatic N) is 2. The van der Waals surface area contributed by atoms with Gasteiger partial charge in [-0.15, -0.1) is 0 Å². The summed E-state index contributed by atoms with van der Waals surface area (Å²) in [7, 11) is -3.62. The van der Waals surface area contributed by atoms with Crippen molar-refractivity contribution in [2.45, 2.75) is 58.8 Å². The molecule has 2 heterocycles. The lowest BCUT2D eigenvalue weighted by Gasteiger charge is -2.28. The summed E-state index contributed by atoms with van der Waals surface area (Å²) in [6.07, 6.45) is 3.76. The molecular weight excluding hydrogens is 384 g/mol. The molecule has 0 amide bonds. The van der Waals surface area contributed by atoms with Gasteiger partial charge in [-0.3, -0.25) is 0 Å². The maximum Gasteiger partial charge on any atom is 0.261 e. The first-order valence-corrected chi connectivity index (χ1v) is 11.3. The van der Waals surface area contributed by atoms with Gasteiger partial charge < -0.3 is 5.11 Å². The maximum atomic E-state index is 13.1. The summed E-state index contributed by atoms with van der Waals surface area (Å²) in [4.78, 5) is 4.56. The lowest BCUT2D eigenvalue weighted by molar-refractivity contribution is 0.423. The maximum absolute atomic E-state index is 13.1. The van der Waals surface area contributed by atoms with Crippen LogP contribution in [0.25, 0.3) is 6.08 Å². The Labute approximate surface area is 174 Å². The van der Waals surface area contributed by atoms with Crippen LogP contribution in [0.15, 0.2) is 41.4 Å². The van der Waals surface area contributed by atoms with Gasteiger partial charge in [-0.25, -0.2) is 17.7 Å². The summed E-state index contributed by atoms with van der Waals surface area (Å²) in [5.41, 5.74) is 1.88. The van der Waals surface area contributed by atoms with Crippen molar-refractivity contribution >= 4 is 21.9 Å². The third-order valence-electron chi connectivity index (χ3n) is 5.16. The zero-order valence-electron chi connectivity index (χ0n) is 18.0. The molecule has 0 aliphatic carbocycles. The number of hydrogen-bond donors (Lipinski definition) is 1. The lowest BCUT2D eigenvalue weighted by Crippen LogP contribution is -2.25. The molecule has 1 aliphatic heterocycles. The zero-order valence-corrected chi connectivity index (χ0v) is 18.8. The monoisotopic (exact) mass is 414 g/mol. The van der Waals surface area contributed by atoms with Gasteiger partial charge in [0.25, 0.3) is 10.0 Å². The summed E-state index contributed by atoms with van der Waals surface area (Å²) in [5, 5.41) is 10.9. The minimum Gasteiger partial charge on any atom is -0.507 e. The fourth-order valence-electron chi connectivity index (χ4n) is 3.56. The first-order chi connectivity index (χ1) is 13.3. The number of sulfonamides is 1. The van der Waals surface area contributed by atoms with Crippen LogP contribution in [0.5, 0.6) is 5.75 Å². The van der Waals surface area contributed by atoms with Crippen LogP contribution in [0.1, 0.15) is 64.7 Å². The second-order valence-corrected chi connectivity index (χ2v) is 11.5. The predicted molar refractivity (Wildman–Crippen MR) is 119 cm³/mol. The molecule has 2 aromatic rings. The van der Waals surface area contributed by atoms with E-state index in [-0.39, 0.29) is 16.6 Å². The second-order valence-electron chi connectivity index (χ2n) is 9.59. The molecule has 1 N–H and O–H groups in total. The summed E-state index contributed by atoms with van der Waals surface area (Å²) in [6, 6.07) is 9.05. The van der Waals surface area contributed by atoms with Gasteiger partial charge in [0.1, 0.15) is 11.6 Å². The Hall–Kier alpha value is -2.34. The summed E-state index contributed by atoms with van der Waals surface area (Å²) >= 11 is 0. The van der Waals surface area contributed by atoms with Crippen molar-refractivity contribution in [2.24, 2.45) is 0 Å². The Balaban J connectivity index is 2.11. The molecule has 0 radical (unpaired) electrons. The molecule has 0 saturated carbocycles. The minimum atomic E-state index is -3.62. The van der Waals surface area contributed by atoms with Crippen LogP contribution in [-0.2, 0) is 20.9 Å². The highest BCUT2D eigenvalue weighted by atomic mass is 32.2. The summed E-state index contributed by atoms with van der Waals surface area (Å²) in [6.45, 7) is 12.6. The Morgan fingerprint density at radius 3 is 2.10 bits per heavy atom. The largest absolute Gasteiger partial charge is 0.507 e. The van der Waals surface area contributed by atoms with Gasteiger partial charge in [0.05, 0.1) is 4.91 Å². The van der Waals surface area contributed by atoms with Crippen molar-refractivity contribution in [3.05, 3.63) is 58.1 Å². The van der Waals surface area contributed by atoms with Crippen molar-refractivity contribution in [3.63, 3.8) is 0 Å². The van der Waals surface area contributed by atoms with E-state index in [0.29, 0.717) is 23.7 Å². The highest BCUT2D eigenvalue weighted by Gasteiger charge is 2.35. The van der Waals surface area contributed by atoms with Crippen LogP contribution in [0.3, 0.4) is 0 Å². The van der Waals surface area contributed by atoms with Crippen LogP contribution in [0, 0.1) is 0 Å². The van der Waals surface area contributed by atoms with Crippen molar-refractivity contribution in [3.8, 4) is 5.75 Å². The van der Waals surface area contributed by atoms with Gasteiger partial charge in [0.2, 0.25) is 0 Å². The molecule has 0 bridgehead atoms. The van der Waals surface area contributed by atoms with E-state index in [9.17, 15) is 13.5 Å². The van der Waals surface area contributed by atoms with Crippen LogP contribution >= 0.6 is 0 Å². The number of phenols is 1. The standard InChI is InChI=1S/C23H30N2O3S/c1-22(2,3)18-14-16(15-19(21(18)26)23(4,5)6)13-17-10-12-25(29(17,27)28)20-9-7-8-11-24-20/h7-9,11,13-15,26H,10,12H2,1-6H3. The van der Waals surface area contributed by atoms with Crippen LogP contribution in [0.2, 0.25) is 0 Å². The first-order valence-electron chi connectivity index (χ1n) is 9.84. The first kappa shape index (κ1) is 21.4. The molecular formula is C23H30N2O3S. The number of anilines is 1. The van der Waals surface area contributed by atoms with Gasteiger partial charge in [-0.05, 0) is 46.7 Å². The normalized spacial score (nSPS) is 18.4. The number of hydrogen-bond acceptors (Lipinski definition) is 4.